The summed E-state index contributed by atoms with van der Waals surface area (Å²) in [4.78, 5) is 25.1. The summed E-state index contributed by atoms with van der Waals surface area (Å²) in [5.74, 6) is -0.382. The first-order valence-electron chi connectivity index (χ1n) is 7.96. The van der Waals surface area contributed by atoms with Crippen LogP contribution in [0.25, 0.3) is 11.1 Å². The van der Waals surface area contributed by atoms with Gasteiger partial charge in [0.1, 0.15) is 0 Å². The quantitative estimate of drug-likeness (QED) is 0.665. The van der Waals surface area contributed by atoms with Gasteiger partial charge in [-0.3, -0.25) is 4.57 Å². The van der Waals surface area contributed by atoms with Gasteiger partial charge in [-0.1, -0.05) is 13.0 Å². The van der Waals surface area contributed by atoms with Gasteiger partial charge in [0.05, 0.1) is 5.52 Å². The number of oxazole rings is 1. The van der Waals surface area contributed by atoms with Gasteiger partial charge in [0.2, 0.25) is 0 Å². The predicted molar refractivity (Wildman–Crippen MR) is 102 cm³/mol. The first-order valence-corrected chi connectivity index (χ1v) is 9.18. The largest absolute Gasteiger partial charge is 0.419 e. The number of aryl methyl sites for hydroxylation is 1. The van der Waals surface area contributed by atoms with Gasteiger partial charge >= 0.3 is 11.8 Å². The van der Waals surface area contributed by atoms with E-state index in [1.165, 1.54) is 0 Å². The second kappa shape index (κ2) is 7.48. The molecule has 2 N–H and O–H groups in total. The molecule has 0 saturated heterocycles. The fourth-order valence-electron chi connectivity index (χ4n) is 2.57. The highest BCUT2D eigenvalue weighted by atomic mass is 32.2. The summed E-state index contributed by atoms with van der Waals surface area (Å²) in [5, 5.41) is 5.54. The van der Waals surface area contributed by atoms with Crippen LogP contribution in [0.2, 0.25) is 0 Å². The standard InChI is InChI=1S/C18H19N3O3S/c1-3-9-21-15-8-7-13(11-16(15)24-18(21)23)20-17(22)19-12-5-4-6-14(10-12)25-2/h4-8,10-11H,3,9H2,1-2H3,(H2,19,20,22). The zero-order chi connectivity index (χ0) is 17.8. The van der Waals surface area contributed by atoms with Gasteiger partial charge in [-0.2, -0.15) is 0 Å². The van der Waals surface area contributed by atoms with E-state index >= 15 is 0 Å². The minimum absolute atomic E-state index is 0.354. The Morgan fingerprint density at radius 3 is 2.64 bits per heavy atom. The third kappa shape index (κ3) is 3.88. The van der Waals surface area contributed by atoms with E-state index in [0.717, 1.165) is 16.8 Å². The lowest BCUT2D eigenvalue weighted by Crippen LogP contribution is -2.19. The van der Waals surface area contributed by atoms with Crippen molar-refractivity contribution in [3.05, 3.63) is 53.0 Å². The van der Waals surface area contributed by atoms with Crippen LogP contribution in [0.4, 0.5) is 16.2 Å². The molecule has 0 bridgehead atoms. The molecular weight excluding hydrogens is 338 g/mol. The number of thioether (sulfide) groups is 1. The van der Waals surface area contributed by atoms with Crippen LogP contribution < -0.4 is 16.4 Å². The molecule has 2 aromatic carbocycles. The molecule has 25 heavy (non-hydrogen) atoms. The molecule has 3 rings (SSSR count). The lowest BCUT2D eigenvalue weighted by molar-refractivity contribution is 0.262. The SMILES string of the molecule is CCCn1c(=O)oc2cc(NC(=O)Nc3cccc(SC)c3)ccc21. The van der Waals surface area contributed by atoms with Crippen molar-refractivity contribution < 1.29 is 9.21 Å². The van der Waals surface area contributed by atoms with Crippen molar-refractivity contribution in [3.63, 3.8) is 0 Å². The van der Waals surface area contributed by atoms with E-state index in [9.17, 15) is 9.59 Å². The summed E-state index contributed by atoms with van der Waals surface area (Å²) in [6.07, 6.45) is 2.82. The second-order valence-corrected chi connectivity index (χ2v) is 6.39. The fraction of sp³-hybridized carbons (Fsp3) is 0.222. The molecule has 7 heteroatoms. The van der Waals surface area contributed by atoms with Gasteiger partial charge in [-0.05, 0) is 43.0 Å². The third-order valence-corrected chi connectivity index (χ3v) is 4.43. The maximum Gasteiger partial charge on any atom is 0.419 e. The van der Waals surface area contributed by atoms with Crippen LogP contribution in [-0.2, 0) is 6.54 Å². The van der Waals surface area contributed by atoms with Crippen LogP contribution in [-0.4, -0.2) is 16.9 Å². The van der Waals surface area contributed by atoms with Gasteiger partial charge in [0, 0.05) is 28.9 Å². The topological polar surface area (TPSA) is 76.3 Å². The molecular formula is C18H19N3O3S. The summed E-state index contributed by atoms with van der Waals surface area (Å²) in [7, 11) is 0. The highest BCUT2D eigenvalue weighted by molar-refractivity contribution is 7.98. The highest BCUT2D eigenvalue weighted by Gasteiger charge is 2.10. The molecule has 0 aliphatic rings. The summed E-state index contributed by atoms with van der Waals surface area (Å²) >= 11 is 1.61. The molecule has 3 aromatic rings. The summed E-state index contributed by atoms with van der Waals surface area (Å²) in [6.45, 7) is 2.60. The number of aromatic nitrogens is 1. The number of benzene rings is 2. The van der Waals surface area contributed by atoms with Gasteiger partial charge in [-0.15, -0.1) is 11.8 Å². The Labute approximate surface area is 149 Å². The van der Waals surface area contributed by atoms with E-state index < -0.39 is 0 Å². The van der Waals surface area contributed by atoms with Gasteiger partial charge in [-0.25, -0.2) is 9.59 Å². The number of carbonyl (C=O) groups is 1. The van der Waals surface area contributed by atoms with Crippen LogP contribution in [0.3, 0.4) is 0 Å². The Bertz CT molecular complexity index is 962. The maximum atomic E-state index is 12.2. The van der Waals surface area contributed by atoms with Gasteiger partial charge in [0.25, 0.3) is 0 Å². The van der Waals surface area contributed by atoms with Crippen LogP contribution >= 0.6 is 11.8 Å². The van der Waals surface area contributed by atoms with Crippen molar-refractivity contribution >= 4 is 40.3 Å². The molecule has 1 heterocycles. The molecule has 1 aromatic heterocycles. The van der Waals surface area contributed by atoms with E-state index in [-0.39, 0.29) is 11.8 Å². The number of nitrogens with zero attached hydrogens (tertiary/aromatic N) is 1. The van der Waals surface area contributed by atoms with Crippen molar-refractivity contribution in [1.82, 2.24) is 4.57 Å². The normalized spacial score (nSPS) is 10.8. The number of hydrogen-bond donors (Lipinski definition) is 2. The van der Waals surface area contributed by atoms with Gasteiger partial charge < -0.3 is 15.1 Å². The molecule has 0 aliphatic heterocycles. The van der Waals surface area contributed by atoms with Gasteiger partial charge in [0.15, 0.2) is 5.58 Å². The van der Waals surface area contributed by atoms with E-state index in [1.807, 2.05) is 37.4 Å². The van der Waals surface area contributed by atoms with Crippen molar-refractivity contribution in [3.8, 4) is 0 Å². The smallest absolute Gasteiger partial charge is 0.408 e. The third-order valence-electron chi connectivity index (χ3n) is 3.70. The lowest BCUT2D eigenvalue weighted by Gasteiger charge is -2.08. The maximum absolute atomic E-state index is 12.2. The van der Waals surface area contributed by atoms with E-state index in [0.29, 0.717) is 23.5 Å². The number of hydrogen-bond acceptors (Lipinski definition) is 4. The second-order valence-electron chi connectivity index (χ2n) is 5.51. The summed E-state index contributed by atoms with van der Waals surface area (Å²) < 4.78 is 6.85. The van der Waals surface area contributed by atoms with E-state index in [4.69, 9.17) is 4.42 Å². The number of amides is 2. The molecule has 0 saturated carbocycles. The van der Waals surface area contributed by atoms with Crippen molar-refractivity contribution in [1.29, 1.82) is 0 Å². The van der Waals surface area contributed by atoms with Crippen LogP contribution in [0, 0.1) is 0 Å². The number of carbonyl (C=O) groups excluding carboxylic acids is 1. The molecule has 2 amide bonds. The number of anilines is 2. The first-order chi connectivity index (χ1) is 12.1. The van der Waals surface area contributed by atoms with E-state index in [2.05, 4.69) is 10.6 Å². The molecule has 0 spiro atoms. The Hall–Kier alpha value is -2.67. The summed E-state index contributed by atoms with van der Waals surface area (Å²) in [5.41, 5.74) is 2.46. The molecule has 130 valence electrons. The molecule has 0 aliphatic carbocycles. The molecule has 6 nitrogen and oxygen atoms in total. The molecule has 0 radical (unpaired) electrons. The molecule has 0 fully saturated rings. The molecule has 0 unspecified atom stereocenters. The van der Waals surface area contributed by atoms with Crippen LogP contribution in [0.15, 0.2) is 56.6 Å². The summed E-state index contributed by atoms with van der Waals surface area (Å²) in [6, 6.07) is 12.4. The predicted octanol–water partition coefficient (Wildman–Crippen LogP) is 4.37. The number of urea groups is 1. The average molecular weight is 357 g/mol. The Morgan fingerprint density at radius 2 is 1.92 bits per heavy atom. The van der Waals surface area contributed by atoms with Crippen LogP contribution in [0.5, 0.6) is 0 Å². The zero-order valence-electron chi connectivity index (χ0n) is 14.0. The van der Waals surface area contributed by atoms with Crippen molar-refractivity contribution in [2.45, 2.75) is 24.8 Å². The zero-order valence-corrected chi connectivity index (χ0v) is 14.9. The minimum Gasteiger partial charge on any atom is -0.408 e. The number of nitrogens with one attached hydrogen (secondary N) is 2. The monoisotopic (exact) mass is 357 g/mol. The van der Waals surface area contributed by atoms with Crippen molar-refractivity contribution in [2.75, 3.05) is 16.9 Å². The Kier molecular flexibility index (Phi) is 5.14. The number of rotatable bonds is 5. The number of fused-ring (bicyclic) bond motifs is 1. The van der Waals surface area contributed by atoms with Crippen molar-refractivity contribution in [2.24, 2.45) is 0 Å². The van der Waals surface area contributed by atoms with Crippen LogP contribution in [0.1, 0.15) is 13.3 Å². The first kappa shape index (κ1) is 17.2. The minimum atomic E-state index is -0.382. The van der Waals surface area contributed by atoms with E-state index in [1.54, 1.807) is 34.5 Å². The molecule has 0 atom stereocenters. The highest BCUT2D eigenvalue weighted by Crippen LogP contribution is 2.21. The Morgan fingerprint density at radius 1 is 1.16 bits per heavy atom. The average Bonchev–Trinajstić information content (AvgIpc) is 2.90. The lowest BCUT2D eigenvalue weighted by atomic mass is 10.2. The Balaban J connectivity index is 1.76. The fourth-order valence-corrected chi connectivity index (χ4v) is 3.03.